The quantitative estimate of drug-likeness (QED) is 0.616. The SMILES string of the molecule is CCCOC1=CCCN1. The highest BCUT2D eigenvalue weighted by atomic mass is 16.5. The van der Waals surface area contributed by atoms with Gasteiger partial charge >= 0.3 is 0 Å². The zero-order valence-electron chi connectivity index (χ0n) is 5.81. The van der Waals surface area contributed by atoms with Crippen LogP contribution in [0.4, 0.5) is 0 Å². The summed E-state index contributed by atoms with van der Waals surface area (Å²) in [5.41, 5.74) is 0. The number of nitrogens with one attached hydrogen (secondary N) is 1. The summed E-state index contributed by atoms with van der Waals surface area (Å²) >= 11 is 0. The predicted octanol–water partition coefficient (Wildman–Crippen LogP) is 1.25. The molecule has 1 heterocycles. The van der Waals surface area contributed by atoms with E-state index in [0.29, 0.717) is 0 Å². The summed E-state index contributed by atoms with van der Waals surface area (Å²) in [6.45, 7) is 3.98. The Labute approximate surface area is 55.9 Å². The van der Waals surface area contributed by atoms with Crippen LogP contribution in [0.5, 0.6) is 0 Å². The van der Waals surface area contributed by atoms with E-state index in [9.17, 15) is 0 Å². The van der Waals surface area contributed by atoms with Gasteiger partial charge in [0.1, 0.15) is 0 Å². The van der Waals surface area contributed by atoms with Crippen LogP contribution < -0.4 is 5.32 Å². The molecule has 0 saturated carbocycles. The van der Waals surface area contributed by atoms with E-state index in [1.165, 1.54) is 0 Å². The molecule has 0 atom stereocenters. The third-order valence-corrected chi connectivity index (χ3v) is 1.23. The predicted molar refractivity (Wildman–Crippen MR) is 36.9 cm³/mol. The van der Waals surface area contributed by atoms with Crippen molar-refractivity contribution in [3.8, 4) is 0 Å². The molecule has 1 aliphatic heterocycles. The number of ether oxygens (including phenoxy) is 1. The van der Waals surface area contributed by atoms with E-state index in [0.717, 1.165) is 31.9 Å². The first-order valence-corrected chi connectivity index (χ1v) is 3.50. The van der Waals surface area contributed by atoms with E-state index < -0.39 is 0 Å². The lowest BCUT2D eigenvalue weighted by Crippen LogP contribution is -2.10. The van der Waals surface area contributed by atoms with E-state index >= 15 is 0 Å². The molecule has 0 saturated heterocycles. The Bertz CT molecular complexity index is 109. The average molecular weight is 127 g/mol. The van der Waals surface area contributed by atoms with Gasteiger partial charge in [-0.2, -0.15) is 0 Å². The zero-order chi connectivity index (χ0) is 6.53. The summed E-state index contributed by atoms with van der Waals surface area (Å²) in [6.07, 6.45) is 4.29. The Morgan fingerprint density at radius 2 is 2.67 bits per heavy atom. The molecule has 0 aromatic carbocycles. The second-order valence-electron chi connectivity index (χ2n) is 2.13. The van der Waals surface area contributed by atoms with Crippen LogP contribution in [0.15, 0.2) is 12.0 Å². The monoisotopic (exact) mass is 127 g/mol. The van der Waals surface area contributed by atoms with Gasteiger partial charge in [0.05, 0.1) is 6.61 Å². The van der Waals surface area contributed by atoms with Crippen molar-refractivity contribution < 1.29 is 4.74 Å². The van der Waals surface area contributed by atoms with Crippen molar-refractivity contribution in [1.29, 1.82) is 0 Å². The van der Waals surface area contributed by atoms with E-state index in [4.69, 9.17) is 4.74 Å². The fraction of sp³-hybridized carbons (Fsp3) is 0.714. The third kappa shape index (κ3) is 1.96. The largest absolute Gasteiger partial charge is 0.479 e. The van der Waals surface area contributed by atoms with Gasteiger partial charge in [0.2, 0.25) is 0 Å². The normalized spacial score (nSPS) is 16.8. The maximum Gasteiger partial charge on any atom is 0.182 e. The van der Waals surface area contributed by atoms with E-state index in [1.807, 2.05) is 0 Å². The maximum atomic E-state index is 5.30. The van der Waals surface area contributed by atoms with Gasteiger partial charge in [-0.3, -0.25) is 0 Å². The van der Waals surface area contributed by atoms with Crippen LogP contribution >= 0.6 is 0 Å². The van der Waals surface area contributed by atoms with Crippen molar-refractivity contribution in [2.75, 3.05) is 13.2 Å². The standard InChI is InChI=1S/C7H13NO/c1-2-6-9-7-4-3-5-8-7/h4,8H,2-3,5-6H2,1H3. The first-order valence-electron chi connectivity index (χ1n) is 3.50. The van der Waals surface area contributed by atoms with Crippen molar-refractivity contribution in [3.63, 3.8) is 0 Å². The van der Waals surface area contributed by atoms with Gasteiger partial charge in [-0.15, -0.1) is 0 Å². The molecular weight excluding hydrogens is 114 g/mol. The van der Waals surface area contributed by atoms with Crippen LogP contribution in [0.1, 0.15) is 19.8 Å². The molecule has 0 bridgehead atoms. The van der Waals surface area contributed by atoms with Gasteiger partial charge < -0.3 is 10.1 Å². The molecule has 2 heteroatoms. The lowest BCUT2D eigenvalue weighted by atomic mass is 10.5. The Morgan fingerprint density at radius 1 is 1.78 bits per heavy atom. The molecule has 2 nitrogen and oxygen atoms in total. The maximum absolute atomic E-state index is 5.30. The van der Waals surface area contributed by atoms with E-state index in [-0.39, 0.29) is 0 Å². The van der Waals surface area contributed by atoms with Crippen molar-refractivity contribution in [1.82, 2.24) is 5.32 Å². The summed E-state index contributed by atoms with van der Waals surface area (Å²) in [5.74, 6) is 0.969. The Balaban J connectivity index is 2.11. The molecule has 1 rings (SSSR count). The zero-order valence-corrected chi connectivity index (χ0v) is 5.81. The fourth-order valence-corrected chi connectivity index (χ4v) is 0.793. The Hall–Kier alpha value is -0.660. The van der Waals surface area contributed by atoms with Crippen LogP contribution in [0.25, 0.3) is 0 Å². The van der Waals surface area contributed by atoms with E-state index in [1.54, 1.807) is 0 Å². The van der Waals surface area contributed by atoms with Crippen LogP contribution in [0.2, 0.25) is 0 Å². The molecule has 0 amide bonds. The number of hydrogen-bond acceptors (Lipinski definition) is 2. The minimum absolute atomic E-state index is 0.832. The van der Waals surface area contributed by atoms with Crippen LogP contribution in [0, 0.1) is 0 Å². The minimum atomic E-state index is 0.832. The third-order valence-electron chi connectivity index (χ3n) is 1.23. The molecule has 0 fully saturated rings. The van der Waals surface area contributed by atoms with Gasteiger partial charge in [-0.1, -0.05) is 6.92 Å². The molecule has 1 aliphatic rings. The number of rotatable bonds is 3. The molecule has 0 aromatic rings. The Kier molecular flexibility index (Phi) is 2.43. The summed E-state index contributed by atoms with van der Waals surface area (Å²) < 4.78 is 5.30. The molecule has 0 aromatic heterocycles. The van der Waals surface area contributed by atoms with Crippen LogP contribution in [-0.2, 0) is 4.74 Å². The molecule has 1 N–H and O–H groups in total. The highest BCUT2D eigenvalue weighted by Gasteiger charge is 2.01. The highest BCUT2D eigenvalue weighted by molar-refractivity contribution is 4.97. The summed E-state index contributed by atoms with van der Waals surface area (Å²) in [4.78, 5) is 0. The molecule has 9 heavy (non-hydrogen) atoms. The first kappa shape index (κ1) is 6.46. The lowest BCUT2D eigenvalue weighted by molar-refractivity contribution is 0.197. The van der Waals surface area contributed by atoms with Gasteiger partial charge in [0.25, 0.3) is 0 Å². The summed E-state index contributed by atoms with van der Waals surface area (Å²) in [6, 6.07) is 0. The van der Waals surface area contributed by atoms with Crippen LogP contribution in [-0.4, -0.2) is 13.2 Å². The van der Waals surface area contributed by atoms with Crippen molar-refractivity contribution >= 4 is 0 Å². The van der Waals surface area contributed by atoms with Gasteiger partial charge in [0.15, 0.2) is 5.88 Å². The first-order chi connectivity index (χ1) is 4.43. The second-order valence-corrected chi connectivity index (χ2v) is 2.13. The average Bonchev–Trinajstić information content (AvgIpc) is 2.34. The highest BCUT2D eigenvalue weighted by Crippen LogP contribution is 2.02. The fourth-order valence-electron chi connectivity index (χ4n) is 0.793. The summed E-state index contributed by atoms with van der Waals surface area (Å²) in [5, 5.41) is 3.13. The minimum Gasteiger partial charge on any atom is -0.479 e. The number of hydrogen-bond donors (Lipinski definition) is 1. The Morgan fingerprint density at radius 3 is 3.22 bits per heavy atom. The lowest BCUT2D eigenvalue weighted by Gasteiger charge is -2.04. The van der Waals surface area contributed by atoms with Gasteiger partial charge in [-0.05, 0) is 18.9 Å². The topological polar surface area (TPSA) is 21.3 Å². The molecule has 0 radical (unpaired) electrons. The van der Waals surface area contributed by atoms with Gasteiger partial charge in [-0.25, -0.2) is 0 Å². The van der Waals surface area contributed by atoms with Gasteiger partial charge in [0, 0.05) is 6.54 Å². The molecule has 52 valence electrons. The molecule has 0 aliphatic carbocycles. The molecule has 0 spiro atoms. The molecule has 0 unspecified atom stereocenters. The second kappa shape index (κ2) is 3.38. The van der Waals surface area contributed by atoms with Crippen molar-refractivity contribution in [3.05, 3.63) is 12.0 Å². The van der Waals surface area contributed by atoms with Crippen molar-refractivity contribution in [2.24, 2.45) is 0 Å². The van der Waals surface area contributed by atoms with Crippen molar-refractivity contribution in [2.45, 2.75) is 19.8 Å². The smallest absolute Gasteiger partial charge is 0.182 e. The summed E-state index contributed by atoms with van der Waals surface area (Å²) in [7, 11) is 0. The van der Waals surface area contributed by atoms with E-state index in [2.05, 4.69) is 18.3 Å². The molecular formula is C7H13NO. The van der Waals surface area contributed by atoms with Crippen LogP contribution in [0.3, 0.4) is 0 Å².